The average Bonchev–Trinajstić information content (AvgIpc) is 2.44. The molecule has 0 radical (unpaired) electrons. The Balaban J connectivity index is 1.98. The number of rotatable bonds is 2. The normalized spacial score (nSPS) is 22.2. The van der Waals surface area contributed by atoms with E-state index in [2.05, 4.69) is 0 Å². The van der Waals surface area contributed by atoms with Crippen molar-refractivity contribution in [2.75, 3.05) is 4.90 Å². The van der Waals surface area contributed by atoms with Crippen molar-refractivity contribution < 1.29 is 9.18 Å². The van der Waals surface area contributed by atoms with E-state index < -0.39 is 6.04 Å². The van der Waals surface area contributed by atoms with Crippen molar-refractivity contribution in [2.24, 2.45) is 5.73 Å². The van der Waals surface area contributed by atoms with Crippen LogP contribution in [0.2, 0.25) is 0 Å². The third-order valence-corrected chi connectivity index (χ3v) is 3.37. The molecule has 1 saturated heterocycles. The van der Waals surface area contributed by atoms with E-state index in [4.69, 9.17) is 5.73 Å². The van der Waals surface area contributed by atoms with Crippen LogP contribution in [0.3, 0.4) is 0 Å². The molecule has 1 aliphatic rings. The summed E-state index contributed by atoms with van der Waals surface area (Å²) in [6.45, 7) is 0. The Labute approximate surface area is 110 Å². The molecule has 2 aromatic rings. The summed E-state index contributed by atoms with van der Waals surface area (Å²) in [6, 6.07) is 14.7. The van der Waals surface area contributed by atoms with Gasteiger partial charge >= 0.3 is 0 Å². The van der Waals surface area contributed by atoms with Crippen molar-refractivity contribution in [3.05, 3.63) is 66.0 Å². The largest absolute Gasteiger partial charge is 0.318 e. The molecule has 1 amide bonds. The van der Waals surface area contributed by atoms with Crippen LogP contribution in [0.5, 0.6) is 0 Å². The zero-order valence-corrected chi connectivity index (χ0v) is 10.2. The van der Waals surface area contributed by atoms with E-state index in [0.717, 1.165) is 5.56 Å². The summed E-state index contributed by atoms with van der Waals surface area (Å²) in [7, 11) is 0. The lowest BCUT2D eigenvalue weighted by atomic mass is 9.88. The molecule has 2 N–H and O–H groups in total. The SMILES string of the molecule is N[C@@H]1C(=O)N(c2cccc(F)c2)[C@H]1c1ccccc1. The van der Waals surface area contributed by atoms with Crippen LogP contribution in [0.4, 0.5) is 10.1 Å². The van der Waals surface area contributed by atoms with Gasteiger partial charge in [-0.1, -0.05) is 36.4 Å². The van der Waals surface area contributed by atoms with E-state index in [9.17, 15) is 9.18 Å². The first-order chi connectivity index (χ1) is 9.18. The fourth-order valence-corrected chi connectivity index (χ4v) is 2.43. The number of carbonyl (C=O) groups excluding carboxylic acids is 1. The first kappa shape index (κ1) is 11.9. The average molecular weight is 256 g/mol. The molecule has 1 heterocycles. The summed E-state index contributed by atoms with van der Waals surface area (Å²) in [5.74, 6) is -0.544. The van der Waals surface area contributed by atoms with Crippen molar-refractivity contribution in [3.8, 4) is 0 Å². The quantitative estimate of drug-likeness (QED) is 0.838. The minimum Gasteiger partial charge on any atom is -0.318 e. The highest BCUT2D eigenvalue weighted by Crippen LogP contribution is 2.38. The zero-order valence-electron chi connectivity index (χ0n) is 10.2. The van der Waals surface area contributed by atoms with E-state index in [1.807, 2.05) is 30.3 Å². The van der Waals surface area contributed by atoms with Crippen LogP contribution in [0.15, 0.2) is 54.6 Å². The molecule has 3 nitrogen and oxygen atoms in total. The third kappa shape index (κ3) is 1.90. The number of hydrogen-bond donors (Lipinski definition) is 1. The molecule has 0 unspecified atom stereocenters. The smallest absolute Gasteiger partial charge is 0.247 e. The monoisotopic (exact) mass is 256 g/mol. The lowest BCUT2D eigenvalue weighted by Gasteiger charge is -2.45. The summed E-state index contributed by atoms with van der Waals surface area (Å²) < 4.78 is 13.3. The predicted octanol–water partition coefficient (Wildman–Crippen LogP) is 2.24. The van der Waals surface area contributed by atoms with Crippen LogP contribution in [-0.2, 0) is 4.79 Å². The van der Waals surface area contributed by atoms with Gasteiger partial charge in [0.05, 0.1) is 6.04 Å². The van der Waals surface area contributed by atoms with Gasteiger partial charge in [0.15, 0.2) is 0 Å². The Hall–Kier alpha value is -2.20. The highest BCUT2D eigenvalue weighted by molar-refractivity contribution is 6.05. The molecular weight excluding hydrogens is 243 g/mol. The van der Waals surface area contributed by atoms with Gasteiger partial charge in [0.2, 0.25) is 5.91 Å². The maximum absolute atomic E-state index is 13.3. The number of benzene rings is 2. The molecule has 0 saturated carbocycles. The Morgan fingerprint density at radius 2 is 1.79 bits per heavy atom. The molecular formula is C15H13FN2O. The highest BCUT2D eigenvalue weighted by atomic mass is 19.1. The summed E-state index contributed by atoms with van der Waals surface area (Å²) in [5, 5.41) is 0. The van der Waals surface area contributed by atoms with E-state index in [0.29, 0.717) is 5.69 Å². The van der Waals surface area contributed by atoms with Crippen LogP contribution in [0.1, 0.15) is 11.6 Å². The summed E-state index contributed by atoms with van der Waals surface area (Å²) >= 11 is 0. The molecule has 4 heteroatoms. The second kappa shape index (κ2) is 4.48. The maximum atomic E-state index is 13.3. The fourth-order valence-electron chi connectivity index (χ4n) is 2.43. The fraction of sp³-hybridized carbons (Fsp3) is 0.133. The van der Waals surface area contributed by atoms with Crippen LogP contribution in [0.25, 0.3) is 0 Å². The first-order valence-electron chi connectivity index (χ1n) is 6.07. The van der Waals surface area contributed by atoms with Crippen LogP contribution < -0.4 is 10.6 Å². The summed E-state index contributed by atoms with van der Waals surface area (Å²) in [4.78, 5) is 13.5. The van der Waals surface area contributed by atoms with E-state index in [1.165, 1.54) is 12.1 Å². The van der Waals surface area contributed by atoms with Gasteiger partial charge in [-0.2, -0.15) is 0 Å². The molecule has 2 aromatic carbocycles. The van der Waals surface area contributed by atoms with Crippen molar-refractivity contribution in [1.29, 1.82) is 0 Å². The van der Waals surface area contributed by atoms with Crippen LogP contribution in [-0.4, -0.2) is 11.9 Å². The summed E-state index contributed by atoms with van der Waals surface area (Å²) in [5.41, 5.74) is 7.38. The minimum absolute atomic E-state index is 0.181. The van der Waals surface area contributed by atoms with E-state index >= 15 is 0 Å². The van der Waals surface area contributed by atoms with Crippen molar-refractivity contribution in [1.82, 2.24) is 0 Å². The molecule has 1 aliphatic heterocycles. The molecule has 0 aliphatic carbocycles. The minimum atomic E-state index is -0.564. The number of carbonyl (C=O) groups is 1. The highest BCUT2D eigenvalue weighted by Gasteiger charge is 2.46. The van der Waals surface area contributed by atoms with Crippen molar-refractivity contribution in [3.63, 3.8) is 0 Å². The molecule has 0 bridgehead atoms. The molecule has 19 heavy (non-hydrogen) atoms. The number of anilines is 1. The Kier molecular flexibility index (Phi) is 2.80. The van der Waals surface area contributed by atoms with Gasteiger partial charge in [-0.3, -0.25) is 4.79 Å². The number of amides is 1. The molecule has 0 aromatic heterocycles. The predicted molar refractivity (Wildman–Crippen MR) is 71.0 cm³/mol. The number of nitrogens with zero attached hydrogens (tertiary/aromatic N) is 1. The van der Waals surface area contributed by atoms with Crippen molar-refractivity contribution in [2.45, 2.75) is 12.1 Å². The molecule has 0 spiro atoms. The second-order valence-corrected chi connectivity index (χ2v) is 4.57. The van der Waals surface area contributed by atoms with Gasteiger partial charge in [0, 0.05) is 5.69 Å². The van der Waals surface area contributed by atoms with Gasteiger partial charge in [0.1, 0.15) is 11.9 Å². The van der Waals surface area contributed by atoms with E-state index in [-0.39, 0.29) is 17.8 Å². The number of nitrogens with two attached hydrogens (primary N) is 1. The Morgan fingerprint density at radius 1 is 1.05 bits per heavy atom. The third-order valence-electron chi connectivity index (χ3n) is 3.37. The van der Waals surface area contributed by atoms with Crippen molar-refractivity contribution >= 4 is 11.6 Å². The zero-order chi connectivity index (χ0) is 13.4. The Bertz CT molecular complexity index is 615. The van der Waals surface area contributed by atoms with Gasteiger partial charge < -0.3 is 10.6 Å². The number of halogens is 1. The van der Waals surface area contributed by atoms with Gasteiger partial charge in [-0.15, -0.1) is 0 Å². The molecule has 96 valence electrons. The van der Waals surface area contributed by atoms with Gasteiger partial charge in [-0.05, 0) is 23.8 Å². The van der Waals surface area contributed by atoms with Crippen LogP contribution >= 0.6 is 0 Å². The lowest BCUT2D eigenvalue weighted by Crippen LogP contribution is -2.63. The number of hydrogen-bond acceptors (Lipinski definition) is 2. The molecule has 2 atom stereocenters. The molecule has 1 fully saturated rings. The lowest BCUT2D eigenvalue weighted by molar-refractivity contribution is -0.126. The first-order valence-corrected chi connectivity index (χ1v) is 6.07. The second-order valence-electron chi connectivity index (χ2n) is 4.57. The maximum Gasteiger partial charge on any atom is 0.247 e. The summed E-state index contributed by atoms with van der Waals surface area (Å²) in [6.07, 6.45) is 0. The Morgan fingerprint density at radius 3 is 2.47 bits per heavy atom. The molecule has 3 rings (SSSR count). The standard InChI is InChI=1S/C15H13FN2O/c16-11-7-4-8-12(9-11)18-14(13(17)15(18)19)10-5-2-1-3-6-10/h1-9,13-14H,17H2/t13-,14-/m0/s1. The number of β-lactam (4-membered cyclic amide) rings is 1. The topological polar surface area (TPSA) is 46.3 Å². The van der Waals surface area contributed by atoms with Gasteiger partial charge in [0.25, 0.3) is 0 Å². The van der Waals surface area contributed by atoms with Gasteiger partial charge in [-0.25, -0.2) is 4.39 Å². The van der Waals surface area contributed by atoms with Crippen LogP contribution in [0, 0.1) is 5.82 Å². The van der Waals surface area contributed by atoms with E-state index in [1.54, 1.807) is 17.0 Å².